The van der Waals surface area contributed by atoms with Crippen molar-refractivity contribution in [1.82, 2.24) is 4.98 Å². The van der Waals surface area contributed by atoms with E-state index in [2.05, 4.69) is 10.3 Å². The first-order valence-electron chi connectivity index (χ1n) is 6.88. The highest BCUT2D eigenvalue weighted by Gasteiger charge is 2.15. The predicted molar refractivity (Wildman–Crippen MR) is 87.5 cm³/mol. The number of carbonyl (C=O) groups excluding carboxylic acids is 2. The summed E-state index contributed by atoms with van der Waals surface area (Å²) < 4.78 is 0. The van der Waals surface area contributed by atoms with Crippen LogP contribution in [-0.2, 0) is 0 Å². The molecule has 0 saturated carbocycles. The van der Waals surface area contributed by atoms with Gasteiger partial charge in [-0.3, -0.25) is 14.4 Å². The van der Waals surface area contributed by atoms with Gasteiger partial charge in [-0.1, -0.05) is 30.3 Å². The van der Waals surface area contributed by atoms with Crippen molar-refractivity contribution in [3.63, 3.8) is 0 Å². The molecule has 0 spiro atoms. The summed E-state index contributed by atoms with van der Waals surface area (Å²) in [4.78, 5) is 38.4. The zero-order chi connectivity index (χ0) is 16.4. The minimum Gasteiger partial charge on any atom is -0.366 e. The Morgan fingerprint density at radius 2 is 1.65 bits per heavy atom. The zero-order valence-electron chi connectivity index (χ0n) is 12.0. The number of hydrogen-bond acceptors (Lipinski definition) is 3. The van der Waals surface area contributed by atoms with Crippen molar-refractivity contribution in [2.75, 3.05) is 5.32 Å². The molecule has 0 radical (unpaired) electrons. The highest BCUT2D eigenvalue weighted by Crippen LogP contribution is 2.19. The Morgan fingerprint density at radius 1 is 0.957 bits per heavy atom. The molecule has 2 aromatic carbocycles. The van der Waals surface area contributed by atoms with Crippen LogP contribution in [0.1, 0.15) is 20.7 Å². The Hall–Kier alpha value is -3.41. The predicted octanol–water partition coefficient (Wildman–Crippen LogP) is 1.88. The van der Waals surface area contributed by atoms with E-state index in [1.807, 2.05) is 0 Å². The molecule has 6 heteroatoms. The average molecular weight is 307 g/mol. The second-order valence-corrected chi connectivity index (χ2v) is 4.96. The van der Waals surface area contributed by atoms with Gasteiger partial charge in [0.25, 0.3) is 11.8 Å². The third-order valence-corrected chi connectivity index (χ3v) is 3.44. The van der Waals surface area contributed by atoms with Gasteiger partial charge in [-0.2, -0.15) is 0 Å². The summed E-state index contributed by atoms with van der Waals surface area (Å²) >= 11 is 0. The number of aromatic nitrogens is 1. The monoisotopic (exact) mass is 307 g/mol. The molecule has 1 aromatic heterocycles. The molecule has 0 bridgehead atoms. The topological polar surface area (TPSA) is 105 Å². The highest BCUT2D eigenvalue weighted by atomic mass is 16.2. The largest absolute Gasteiger partial charge is 0.366 e. The molecule has 3 aromatic rings. The number of carbonyl (C=O) groups is 2. The SMILES string of the molecule is NC(=O)c1ccccc1NC(=O)c1cc(=O)[nH]c2ccccc12. The van der Waals surface area contributed by atoms with E-state index in [4.69, 9.17) is 5.73 Å². The lowest BCUT2D eigenvalue weighted by atomic mass is 10.1. The number of amides is 2. The molecule has 0 fully saturated rings. The number of para-hydroxylation sites is 2. The highest BCUT2D eigenvalue weighted by molar-refractivity contribution is 6.14. The fourth-order valence-electron chi connectivity index (χ4n) is 2.39. The van der Waals surface area contributed by atoms with Crippen LogP contribution >= 0.6 is 0 Å². The van der Waals surface area contributed by atoms with E-state index in [0.717, 1.165) is 0 Å². The molecular weight excluding hydrogens is 294 g/mol. The third kappa shape index (κ3) is 2.82. The van der Waals surface area contributed by atoms with Crippen LogP contribution < -0.4 is 16.6 Å². The minimum atomic E-state index is -0.642. The summed E-state index contributed by atoms with van der Waals surface area (Å²) in [5.74, 6) is -1.13. The second-order valence-electron chi connectivity index (χ2n) is 4.96. The number of primary amides is 1. The molecular formula is C17H13N3O3. The van der Waals surface area contributed by atoms with Gasteiger partial charge in [-0.25, -0.2) is 0 Å². The lowest BCUT2D eigenvalue weighted by molar-refractivity contribution is 0.100. The Kier molecular flexibility index (Phi) is 3.64. The molecule has 114 valence electrons. The summed E-state index contributed by atoms with van der Waals surface area (Å²) in [6.07, 6.45) is 0. The lowest BCUT2D eigenvalue weighted by Crippen LogP contribution is -2.20. The van der Waals surface area contributed by atoms with Crippen molar-refractivity contribution in [2.45, 2.75) is 0 Å². The van der Waals surface area contributed by atoms with Crippen LogP contribution in [0.15, 0.2) is 59.4 Å². The normalized spacial score (nSPS) is 10.4. The first kappa shape index (κ1) is 14.5. The molecule has 23 heavy (non-hydrogen) atoms. The first-order valence-corrected chi connectivity index (χ1v) is 6.88. The lowest BCUT2D eigenvalue weighted by Gasteiger charge is -2.10. The number of fused-ring (bicyclic) bond motifs is 1. The van der Waals surface area contributed by atoms with Gasteiger partial charge in [0, 0.05) is 17.0 Å². The summed E-state index contributed by atoms with van der Waals surface area (Å²) in [7, 11) is 0. The van der Waals surface area contributed by atoms with Crippen LogP contribution in [0.3, 0.4) is 0 Å². The molecule has 0 saturated heterocycles. The number of nitrogens with one attached hydrogen (secondary N) is 2. The average Bonchev–Trinajstić information content (AvgIpc) is 2.54. The van der Waals surface area contributed by atoms with Gasteiger partial charge < -0.3 is 16.0 Å². The van der Waals surface area contributed by atoms with Crippen molar-refractivity contribution < 1.29 is 9.59 Å². The fraction of sp³-hybridized carbons (Fsp3) is 0. The Bertz CT molecular complexity index is 976. The second kappa shape index (κ2) is 5.76. The Balaban J connectivity index is 2.06. The van der Waals surface area contributed by atoms with Crippen molar-refractivity contribution in [2.24, 2.45) is 5.73 Å². The smallest absolute Gasteiger partial charge is 0.256 e. The van der Waals surface area contributed by atoms with E-state index >= 15 is 0 Å². The van der Waals surface area contributed by atoms with Crippen molar-refractivity contribution in [3.8, 4) is 0 Å². The van der Waals surface area contributed by atoms with Crippen molar-refractivity contribution >= 4 is 28.4 Å². The van der Waals surface area contributed by atoms with Crippen LogP contribution in [0.5, 0.6) is 0 Å². The number of pyridine rings is 1. The first-order chi connectivity index (χ1) is 11.1. The van der Waals surface area contributed by atoms with Crippen molar-refractivity contribution in [3.05, 3.63) is 76.1 Å². The van der Waals surface area contributed by atoms with Gasteiger partial charge in [0.05, 0.1) is 16.8 Å². The third-order valence-electron chi connectivity index (χ3n) is 3.44. The van der Waals surface area contributed by atoms with E-state index in [9.17, 15) is 14.4 Å². The van der Waals surface area contributed by atoms with Crippen LogP contribution in [0.25, 0.3) is 10.9 Å². The molecule has 1 heterocycles. The number of H-pyrrole nitrogens is 1. The molecule has 3 rings (SSSR count). The summed E-state index contributed by atoms with van der Waals surface area (Å²) in [6.45, 7) is 0. The molecule has 0 aliphatic heterocycles. The number of nitrogens with two attached hydrogens (primary N) is 1. The summed E-state index contributed by atoms with van der Waals surface area (Å²) in [5, 5.41) is 3.25. The minimum absolute atomic E-state index is 0.204. The van der Waals surface area contributed by atoms with Gasteiger partial charge in [0.2, 0.25) is 5.56 Å². The van der Waals surface area contributed by atoms with Gasteiger partial charge in [0.1, 0.15) is 0 Å². The molecule has 0 aliphatic rings. The molecule has 4 N–H and O–H groups in total. The maximum absolute atomic E-state index is 12.5. The standard InChI is InChI=1S/C17H13N3O3/c18-16(22)11-6-2-4-8-14(11)20-17(23)12-9-15(21)19-13-7-3-1-5-10(12)13/h1-9H,(H2,18,22)(H,19,21)(H,20,23). The van der Waals surface area contributed by atoms with Gasteiger partial charge in [-0.15, -0.1) is 0 Å². The molecule has 0 aliphatic carbocycles. The number of benzene rings is 2. The maximum Gasteiger partial charge on any atom is 0.256 e. The number of hydrogen-bond donors (Lipinski definition) is 3. The Labute approximate surface area is 130 Å². The maximum atomic E-state index is 12.5. The number of anilines is 1. The molecule has 0 atom stereocenters. The van der Waals surface area contributed by atoms with Gasteiger partial charge >= 0.3 is 0 Å². The number of rotatable bonds is 3. The zero-order valence-corrected chi connectivity index (χ0v) is 12.0. The van der Waals surface area contributed by atoms with Crippen LogP contribution in [0, 0.1) is 0 Å². The van der Waals surface area contributed by atoms with E-state index in [1.54, 1.807) is 42.5 Å². The molecule has 6 nitrogen and oxygen atoms in total. The molecule has 0 unspecified atom stereocenters. The quantitative estimate of drug-likeness (QED) is 0.688. The van der Waals surface area contributed by atoms with Crippen LogP contribution in [-0.4, -0.2) is 16.8 Å². The van der Waals surface area contributed by atoms with Gasteiger partial charge in [-0.05, 0) is 18.2 Å². The van der Waals surface area contributed by atoms with E-state index < -0.39 is 11.8 Å². The number of aromatic amines is 1. The van der Waals surface area contributed by atoms with Crippen molar-refractivity contribution in [1.29, 1.82) is 0 Å². The van der Waals surface area contributed by atoms with Gasteiger partial charge in [0.15, 0.2) is 0 Å². The van der Waals surface area contributed by atoms with Crippen LogP contribution in [0.4, 0.5) is 5.69 Å². The molecule has 2 amide bonds. The summed E-state index contributed by atoms with van der Waals surface area (Å²) in [5.41, 5.74) is 6.21. The van der Waals surface area contributed by atoms with E-state index in [-0.39, 0.29) is 16.7 Å². The van der Waals surface area contributed by atoms with E-state index in [1.165, 1.54) is 12.1 Å². The van der Waals surface area contributed by atoms with E-state index in [0.29, 0.717) is 16.6 Å². The fourth-order valence-corrected chi connectivity index (χ4v) is 2.39. The van der Waals surface area contributed by atoms with Crippen LogP contribution in [0.2, 0.25) is 0 Å². The Morgan fingerprint density at radius 3 is 2.43 bits per heavy atom. The summed E-state index contributed by atoms with van der Waals surface area (Å²) in [6, 6.07) is 14.6.